The first-order valence-electron chi connectivity index (χ1n) is 6.08. The van der Waals surface area contributed by atoms with Crippen LogP contribution in [0.4, 0.5) is 5.13 Å². The number of carbonyl (C=O) groups excluding carboxylic acids is 1. The zero-order valence-corrected chi connectivity index (χ0v) is 13.2. The van der Waals surface area contributed by atoms with Gasteiger partial charge in [-0.2, -0.15) is 0 Å². The standard InChI is InChI=1S/C13H8Cl2N4O2S/c14-7-3-8-11(9(15)4-7)17-6-19(12(8)21)5-10(20)18-13-16-1-2-22-13/h1-4,6H,5H2,(H,16,18,20). The molecule has 3 aromatic rings. The van der Waals surface area contributed by atoms with Crippen LogP contribution in [0.2, 0.25) is 10.0 Å². The molecule has 0 radical (unpaired) electrons. The highest BCUT2D eigenvalue weighted by Gasteiger charge is 2.12. The lowest BCUT2D eigenvalue weighted by atomic mass is 10.2. The van der Waals surface area contributed by atoms with E-state index in [0.717, 1.165) is 0 Å². The first-order valence-corrected chi connectivity index (χ1v) is 7.71. The van der Waals surface area contributed by atoms with Gasteiger partial charge in [-0.25, -0.2) is 9.97 Å². The second-order valence-corrected chi connectivity index (χ2v) is 6.09. The fourth-order valence-electron chi connectivity index (χ4n) is 1.91. The summed E-state index contributed by atoms with van der Waals surface area (Å²) in [7, 11) is 0. The van der Waals surface area contributed by atoms with E-state index in [1.165, 1.54) is 34.4 Å². The van der Waals surface area contributed by atoms with E-state index in [9.17, 15) is 9.59 Å². The van der Waals surface area contributed by atoms with Crippen LogP contribution in [0, 0.1) is 0 Å². The normalized spacial score (nSPS) is 10.8. The van der Waals surface area contributed by atoms with Crippen molar-refractivity contribution in [3.63, 3.8) is 0 Å². The third-order valence-corrected chi connectivity index (χ3v) is 4.03. The zero-order valence-electron chi connectivity index (χ0n) is 10.9. The molecular formula is C13H8Cl2N4O2S. The van der Waals surface area contributed by atoms with Gasteiger partial charge in [0, 0.05) is 16.6 Å². The van der Waals surface area contributed by atoms with Gasteiger partial charge >= 0.3 is 0 Å². The van der Waals surface area contributed by atoms with Crippen molar-refractivity contribution < 1.29 is 4.79 Å². The van der Waals surface area contributed by atoms with E-state index in [2.05, 4.69) is 15.3 Å². The summed E-state index contributed by atoms with van der Waals surface area (Å²) in [6.45, 7) is -0.175. The number of thiazole rings is 1. The maximum atomic E-state index is 12.4. The van der Waals surface area contributed by atoms with E-state index in [0.29, 0.717) is 20.7 Å². The molecule has 9 heteroatoms. The molecule has 2 heterocycles. The lowest BCUT2D eigenvalue weighted by molar-refractivity contribution is -0.116. The van der Waals surface area contributed by atoms with Gasteiger partial charge in [0.25, 0.3) is 5.56 Å². The first kappa shape index (κ1) is 15.0. The molecule has 1 N–H and O–H groups in total. The van der Waals surface area contributed by atoms with Gasteiger partial charge in [0.15, 0.2) is 5.13 Å². The van der Waals surface area contributed by atoms with E-state index in [1.807, 2.05) is 0 Å². The number of hydrogen-bond acceptors (Lipinski definition) is 5. The van der Waals surface area contributed by atoms with Gasteiger partial charge < -0.3 is 5.32 Å². The number of rotatable bonds is 3. The van der Waals surface area contributed by atoms with Gasteiger partial charge in [0.1, 0.15) is 6.54 Å². The number of nitrogens with one attached hydrogen (secondary N) is 1. The maximum Gasteiger partial charge on any atom is 0.261 e. The smallest absolute Gasteiger partial charge is 0.261 e. The summed E-state index contributed by atoms with van der Waals surface area (Å²) in [6, 6.07) is 2.99. The van der Waals surface area contributed by atoms with Crippen LogP contribution in [0.5, 0.6) is 0 Å². The van der Waals surface area contributed by atoms with Crippen LogP contribution >= 0.6 is 34.5 Å². The summed E-state index contributed by atoms with van der Waals surface area (Å²) in [5.41, 5.74) is -0.0312. The van der Waals surface area contributed by atoms with Gasteiger partial charge in [-0.15, -0.1) is 11.3 Å². The molecule has 0 spiro atoms. The van der Waals surface area contributed by atoms with Crippen LogP contribution in [0.1, 0.15) is 0 Å². The van der Waals surface area contributed by atoms with Gasteiger partial charge in [-0.3, -0.25) is 14.2 Å². The number of amides is 1. The summed E-state index contributed by atoms with van der Waals surface area (Å²) >= 11 is 13.2. The highest BCUT2D eigenvalue weighted by molar-refractivity contribution is 7.13. The summed E-state index contributed by atoms with van der Waals surface area (Å²) < 4.78 is 1.19. The average molecular weight is 355 g/mol. The number of aromatic nitrogens is 3. The lowest BCUT2D eigenvalue weighted by Crippen LogP contribution is -2.27. The molecule has 0 aliphatic heterocycles. The highest BCUT2D eigenvalue weighted by atomic mass is 35.5. The fraction of sp³-hybridized carbons (Fsp3) is 0.0769. The van der Waals surface area contributed by atoms with Gasteiger partial charge in [-0.1, -0.05) is 23.2 Å². The van der Waals surface area contributed by atoms with E-state index in [1.54, 1.807) is 11.6 Å². The van der Waals surface area contributed by atoms with Crippen molar-refractivity contribution in [1.82, 2.24) is 14.5 Å². The van der Waals surface area contributed by atoms with Gasteiger partial charge in [0.05, 0.1) is 22.3 Å². The summed E-state index contributed by atoms with van der Waals surface area (Å²) in [6.07, 6.45) is 2.86. The lowest BCUT2D eigenvalue weighted by Gasteiger charge is -2.07. The quantitative estimate of drug-likeness (QED) is 0.784. The molecular weight excluding hydrogens is 347 g/mol. The third-order valence-electron chi connectivity index (χ3n) is 2.84. The molecule has 0 atom stereocenters. The fourth-order valence-corrected chi connectivity index (χ4v) is 2.99. The molecule has 1 amide bonds. The maximum absolute atomic E-state index is 12.4. The Morgan fingerprint density at radius 3 is 2.86 bits per heavy atom. The number of fused-ring (bicyclic) bond motifs is 1. The van der Waals surface area contributed by atoms with E-state index < -0.39 is 0 Å². The van der Waals surface area contributed by atoms with Crippen molar-refractivity contribution in [2.45, 2.75) is 6.54 Å². The van der Waals surface area contributed by atoms with Gasteiger partial charge in [0.2, 0.25) is 5.91 Å². The van der Waals surface area contributed by atoms with E-state index in [-0.39, 0.29) is 23.4 Å². The van der Waals surface area contributed by atoms with Crippen molar-refractivity contribution in [3.8, 4) is 0 Å². The predicted molar refractivity (Wildman–Crippen MR) is 86.8 cm³/mol. The number of nitrogens with zero attached hydrogens (tertiary/aromatic N) is 3. The number of carbonyl (C=O) groups is 1. The molecule has 2 aromatic heterocycles. The van der Waals surface area contributed by atoms with Crippen LogP contribution in [-0.4, -0.2) is 20.4 Å². The second kappa shape index (κ2) is 6.04. The number of halogens is 2. The number of benzene rings is 1. The predicted octanol–water partition coefficient (Wildman–Crippen LogP) is 2.80. The van der Waals surface area contributed by atoms with Crippen LogP contribution < -0.4 is 10.9 Å². The van der Waals surface area contributed by atoms with Crippen molar-refractivity contribution in [3.05, 3.63) is 50.4 Å². The Hall–Kier alpha value is -1.96. The Bertz CT molecular complexity index is 908. The molecule has 0 saturated carbocycles. The molecule has 3 rings (SSSR count). The molecule has 0 bridgehead atoms. The minimum absolute atomic E-state index is 0.175. The molecule has 0 fully saturated rings. The second-order valence-electron chi connectivity index (χ2n) is 4.35. The topological polar surface area (TPSA) is 76.9 Å². The molecule has 0 unspecified atom stereocenters. The first-order chi connectivity index (χ1) is 10.5. The Balaban J connectivity index is 1.93. The van der Waals surface area contributed by atoms with Crippen molar-refractivity contribution in [1.29, 1.82) is 0 Å². The Morgan fingerprint density at radius 1 is 1.32 bits per heavy atom. The van der Waals surface area contributed by atoms with Crippen molar-refractivity contribution >= 4 is 56.5 Å². The Labute approximate surface area is 138 Å². The molecule has 0 aliphatic carbocycles. The van der Waals surface area contributed by atoms with Crippen LogP contribution in [0.3, 0.4) is 0 Å². The third kappa shape index (κ3) is 2.96. The van der Waals surface area contributed by atoms with Gasteiger partial charge in [-0.05, 0) is 12.1 Å². The van der Waals surface area contributed by atoms with E-state index in [4.69, 9.17) is 23.2 Å². The molecule has 6 nitrogen and oxygen atoms in total. The van der Waals surface area contributed by atoms with Crippen LogP contribution in [-0.2, 0) is 11.3 Å². The molecule has 1 aromatic carbocycles. The summed E-state index contributed by atoms with van der Waals surface area (Å²) in [5, 5.41) is 5.70. The monoisotopic (exact) mass is 354 g/mol. The Morgan fingerprint density at radius 2 is 2.14 bits per heavy atom. The largest absolute Gasteiger partial charge is 0.300 e. The SMILES string of the molecule is O=C(Cn1cnc2c(Cl)cc(Cl)cc2c1=O)Nc1nccs1. The molecule has 22 heavy (non-hydrogen) atoms. The number of anilines is 1. The van der Waals surface area contributed by atoms with E-state index >= 15 is 0 Å². The molecule has 112 valence electrons. The summed E-state index contributed by atoms with van der Waals surface area (Å²) in [5.74, 6) is -0.369. The number of hydrogen-bond donors (Lipinski definition) is 1. The Kier molecular flexibility index (Phi) is 4.10. The average Bonchev–Trinajstić information content (AvgIpc) is 2.95. The van der Waals surface area contributed by atoms with Crippen LogP contribution in [0.15, 0.2) is 34.8 Å². The van der Waals surface area contributed by atoms with Crippen molar-refractivity contribution in [2.24, 2.45) is 0 Å². The van der Waals surface area contributed by atoms with Crippen molar-refractivity contribution in [2.75, 3.05) is 5.32 Å². The minimum Gasteiger partial charge on any atom is -0.300 e. The summed E-state index contributed by atoms with van der Waals surface area (Å²) in [4.78, 5) is 32.4. The molecule has 0 aliphatic rings. The minimum atomic E-state index is -0.385. The zero-order chi connectivity index (χ0) is 15.7. The highest BCUT2D eigenvalue weighted by Crippen LogP contribution is 2.23. The van der Waals surface area contributed by atoms with Crippen LogP contribution in [0.25, 0.3) is 10.9 Å². The molecule has 0 saturated heterocycles.